The van der Waals surface area contributed by atoms with Crippen molar-refractivity contribution in [3.63, 3.8) is 0 Å². The highest BCUT2D eigenvalue weighted by Gasteiger charge is 2.29. The molecule has 132 valence electrons. The minimum Gasteiger partial charge on any atom is -0.319 e. The first-order valence-corrected chi connectivity index (χ1v) is 10.4. The Morgan fingerprint density at radius 3 is 2.26 bits per heavy atom. The van der Waals surface area contributed by atoms with Gasteiger partial charge < -0.3 is 5.32 Å². The van der Waals surface area contributed by atoms with Crippen LogP contribution in [0.1, 0.15) is 12.8 Å². The summed E-state index contributed by atoms with van der Waals surface area (Å²) in [6.45, 7) is 1.84. The number of nitrogens with zero attached hydrogens (tertiary/aromatic N) is 2. The van der Waals surface area contributed by atoms with Crippen LogP contribution in [0, 0.1) is 5.92 Å². The van der Waals surface area contributed by atoms with Gasteiger partial charge in [0.1, 0.15) is 4.90 Å². The smallest absolute Gasteiger partial charge is 0.244 e. The van der Waals surface area contributed by atoms with Crippen LogP contribution in [0.5, 0.6) is 0 Å². The molecule has 23 heavy (non-hydrogen) atoms. The van der Waals surface area contributed by atoms with Gasteiger partial charge in [0.2, 0.25) is 10.0 Å². The Balaban J connectivity index is 0.00000264. The van der Waals surface area contributed by atoms with Crippen LogP contribution in [-0.4, -0.2) is 59.1 Å². The molecule has 1 N–H and O–H groups in total. The number of sulfone groups is 1. The summed E-state index contributed by atoms with van der Waals surface area (Å²) < 4.78 is 49.2. The molecule has 1 saturated heterocycles. The molecule has 0 atom stereocenters. The van der Waals surface area contributed by atoms with Crippen LogP contribution >= 0.6 is 12.4 Å². The predicted molar refractivity (Wildman–Crippen MR) is 90.0 cm³/mol. The van der Waals surface area contributed by atoms with Gasteiger partial charge >= 0.3 is 0 Å². The van der Waals surface area contributed by atoms with Crippen molar-refractivity contribution in [3.8, 4) is 0 Å². The topological polar surface area (TPSA) is 96.4 Å². The quantitative estimate of drug-likeness (QED) is 0.796. The molecule has 1 aromatic heterocycles. The fourth-order valence-electron chi connectivity index (χ4n) is 2.53. The molecule has 7 nitrogen and oxygen atoms in total. The van der Waals surface area contributed by atoms with Gasteiger partial charge in [-0.05, 0) is 44.5 Å². The van der Waals surface area contributed by atoms with Gasteiger partial charge in [0.25, 0.3) is 0 Å². The highest BCUT2D eigenvalue weighted by Crippen LogP contribution is 2.23. The number of aromatic nitrogens is 1. The van der Waals surface area contributed by atoms with Crippen LogP contribution in [0.2, 0.25) is 0 Å². The molecule has 0 aromatic carbocycles. The van der Waals surface area contributed by atoms with E-state index in [-0.39, 0.29) is 22.3 Å². The van der Waals surface area contributed by atoms with E-state index in [1.165, 1.54) is 16.4 Å². The maximum absolute atomic E-state index is 12.5. The number of hydrogen-bond acceptors (Lipinski definition) is 6. The molecule has 1 fully saturated rings. The molecule has 0 radical (unpaired) electrons. The molecule has 0 aliphatic carbocycles. The maximum Gasteiger partial charge on any atom is 0.244 e. The van der Waals surface area contributed by atoms with E-state index in [1.807, 2.05) is 7.05 Å². The van der Waals surface area contributed by atoms with Gasteiger partial charge in [-0.2, -0.15) is 4.31 Å². The Morgan fingerprint density at radius 2 is 1.83 bits per heavy atom. The summed E-state index contributed by atoms with van der Waals surface area (Å²) in [6, 6.07) is 2.54. The summed E-state index contributed by atoms with van der Waals surface area (Å²) in [7, 11) is -5.15. The van der Waals surface area contributed by atoms with E-state index in [4.69, 9.17) is 0 Å². The molecule has 2 rings (SSSR count). The van der Waals surface area contributed by atoms with Gasteiger partial charge in [-0.15, -0.1) is 12.4 Å². The van der Waals surface area contributed by atoms with Crippen LogP contribution < -0.4 is 5.32 Å². The molecule has 2 heterocycles. The van der Waals surface area contributed by atoms with Gasteiger partial charge in [-0.3, -0.25) is 0 Å². The average molecular weight is 384 g/mol. The first kappa shape index (κ1) is 20.3. The molecule has 0 bridgehead atoms. The molecular formula is C13H22ClN3O4S2. The molecule has 0 unspecified atom stereocenters. The molecule has 1 aliphatic heterocycles. The third-order valence-electron chi connectivity index (χ3n) is 3.79. The summed E-state index contributed by atoms with van der Waals surface area (Å²) >= 11 is 0. The normalized spacial score (nSPS) is 17.7. The van der Waals surface area contributed by atoms with E-state index in [0.29, 0.717) is 19.0 Å². The van der Waals surface area contributed by atoms with E-state index < -0.39 is 19.9 Å². The zero-order valence-corrected chi connectivity index (χ0v) is 15.5. The Bertz CT molecular complexity index is 712. The highest BCUT2D eigenvalue weighted by molar-refractivity contribution is 7.90. The number of halogens is 1. The number of piperidine rings is 1. The monoisotopic (exact) mass is 383 g/mol. The summed E-state index contributed by atoms with van der Waals surface area (Å²) in [5.41, 5.74) is 0. The third kappa shape index (κ3) is 4.87. The summed E-state index contributed by atoms with van der Waals surface area (Å²) in [6.07, 6.45) is 3.78. The Morgan fingerprint density at radius 1 is 1.22 bits per heavy atom. The lowest BCUT2D eigenvalue weighted by molar-refractivity contribution is 0.270. The van der Waals surface area contributed by atoms with Crippen LogP contribution in [0.4, 0.5) is 0 Å². The number of rotatable bonds is 5. The molecule has 0 saturated carbocycles. The van der Waals surface area contributed by atoms with Crippen molar-refractivity contribution in [2.24, 2.45) is 5.92 Å². The minimum atomic E-state index is -3.61. The number of pyridine rings is 1. The molecule has 0 amide bonds. The first-order chi connectivity index (χ1) is 10.2. The number of sulfonamides is 1. The van der Waals surface area contributed by atoms with Gasteiger partial charge in [-0.25, -0.2) is 21.8 Å². The van der Waals surface area contributed by atoms with Crippen LogP contribution in [-0.2, 0) is 19.9 Å². The van der Waals surface area contributed by atoms with Crippen molar-refractivity contribution >= 4 is 32.3 Å². The van der Waals surface area contributed by atoms with Crippen LogP contribution in [0.15, 0.2) is 28.3 Å². The maximum atomic E-state index is 12.5. The lowest BCUT2D eigenvalue weighted by atomic mass is 9.98. The Kier molecular flexibility index (Phi) is 6.96. The zero-order valence-electron chi connectivity index (χ0n) is 13.1. The lowest BCUT2D eigenvalue weighted by Gasteiger charge is -2.31. The number of hydrogen-bond donors (Lipinski definition) is 1. The van der Waals surface area contributed by atoms with E-state index in [2.05, 4.69) is 10.3 Å². The van der Waals surface area contributed by atoms with E-state index >= 15 is 0 Å². The second kappa shape index (κ2) is 7.89. The van der Waals surface area contributed by atoms with Crippen molar-refractivity contribution < 1.29 is 16.8 Å². The predicted octanol–water partition coefficient (Wildman–Crippen LogP) is 0.527. The summed E-state index contributed by atoms with van der Waals surface area (Å²) in [5.74, 6) is 0.488. The average Bonchev–Trinajstić information content (AvgIpc) is 2.47. The fraction of sp³-hybridized carbons (Fsp3) is 0.615. The van der Waals surface area contributed by atoms with E-state index in [0.717, 1.165) is 31.8 Å². The standard InChI is InChI=1S/C13H21N3O4S2.ClH/c1-14-9-11-5-7-16(8-6-11)22(19,20)12-3-4-13(15-10-12)21(2,17)18;/h3-4,10-11,14H,5-9H2,1-2H3;1H. The third-order valence-corrected chi connectivity index (χ3v) is 6.68. The van der Waals surface area contributed by atoms with Crippen molar-refractivity contribution in [3.05, 3.63) is 18.3 Å². The Hall–Kier alpha value is -0.740. The second-order valence-electron chi connectivity index (χ2n) is 5.51. The molecule has 1 aliphatic rings. The van der Waals surface area contributed by atoms with Gasteiger partial charge in [-0.1, -0.05) is 0 Å². The van der Waals surface area contributed by atoms with E-state index in [9.17, 15) is 16.8 Å². The Labute approximate surface area is 143 Å². The number of nitrogens with one attached hydrogen (secondary N) is 1. The lowest BCUT2D eigenvalue weighted by Crippen LogP contribution is -2.40. The fourth-order valence-corrected chi connectivity index (χ4v) is 4.51. The van der Waals surface area contributed by atoms with Crippen molar-refractivity contribution in [1.29, 1.82) is 0 Å². The van der Waals surface area contributed by atoms with Gasteiger partial charge in [0.15, 0.2) is 14.9 Å². The van der Waals surface area contributed by atoms with Crippen molar-refractivity contribution in [1.82, 2.24) is 14.6 Å². The highest BCUT2D eigenvalue weighted by atomic mass is 35.5. The largest absolute Gasteiger partial charge is 0.319 e. The van der Waals surface area contributed by atoms with Crippen LogP contribution in [0.3, 0.4) is 0 Å². The summed E-state index contributed by atoms with van der Waals surface area (Å²) in [4.78, 5) is 3.79. The molecule has 1 aromatic rings. The molecular weight excluding hydrogens is 362 g/mol. The summed E-state index contributed by atoms with van der Waals surface area (Å²) in [5, 5.41) is 2.98. The van der Waals surface area contributed by atoms with E-state index in [1.54, 1.807) is 0 Å². The van der Waals surface area contributed by atoms with Crippen molar-refractivity contribution in [2.75, 3.05) is 32.9 Å². The second-order valence-corrected chi connectivity index (χ2v) is 9.41. The molecule has 10 heteroatoms. The van der Waals surface area contributed by atoms with Crippen LogP contribution in [0.25, 0.3) is 0 Å². The first-order valence-electron chi connectivity index (χ1n) is 7.06. The zero-order chi connectivity index (χ0) is 16.4. The molecule has 0 spiro atoms. The minimum absolute atomic E-state index is 0. The SMILES string of the molecule is CNCC1CCN(S(=O)(=O)c2ccc(S(C)(=O)=O)nc2)CC1.Cl. The van der Waals surface area contributed by atoms with Gasteiger partial charge in [0, 0.05) is 25.5 Å². The van der Waals surface area contributed by atoms with Crippen molar-refractivity contribution in [2.45, 2.75) is 22.8 Å². The van der Waals surface area contributed by atoms with Gasteiger partial charge in [0.05, 0.1) is 0 Å².